The number of sulfonamides is 2. The van der Waals surface area contributed by atoms with E-state index in [2.05, 4.69) is 41.9 Å². The van der Waals surface area contributed by atoms with E-state index < -0.39 is 49.4 Å². The molecule has 0 saturated carbocycles. The highest BCUT2D eigenvalue weighted by Crippen LogP contribution is 2.40. The van der Waals surface area contributed by atoms with Gasteiger partial charge in [-0.05, 0) is 119 Å². The predicted octanol–water partition coefficient (Wildman–Crippen LogP) is 7.51. The zero-order chi connectivity index (χ0) is 49.6. The number of ether oxygens (including phenoxy) is 2. The first-order valence-corrected chi connectivity index (χ1v) is 25.5. The summed E-state index contributed by atoms with van der Waals surface area (Å²) < 4.78 is 76.9. The van der Waals surface area contributed by atoms with Crippen molar-refractivity contribution in [2.24, 2.45) is 0 Å². The van der Waals surface area contributed by atoms with Crippen molar-refractivity contribution in [1.82, 2.24) is 29.7 Å². The van der Waals surface area contributed by atoms with Crippen LogP contribution in [0.4, 0.5) is 0 Å². The highest BCUT2D eigenvalue weighted by molar-refractivity contribution is 7.90. The van der Waals surface area contributed by atoms with Gasteiger partial charge in [0.25, 0.3) is 11.8 Å². The van der Waals surface area contributed by atoms with Crippen LogP contribution in [0.3, 0.4) is 0 Å². The number of benzene rings is 4. The van der Waals surface area contributed by atoms with E-state index >= 15 is 0 Å². The second kappa shape index (κ2) is 21.0. The monoisotopic (exact) mass is 974 g/mol. The Morgan fingerprint density at radius 2 is 1.13 bits per heavy atom. The van der Waals surface area contributed by atoms with Crippen molar-refractivity contribution in [2.75, 3.05) is 11.5 Å². The van der Waals surface area contributed by atoms with E-state index in [4.69, 9.17) is 18.5 Å². The molecular weight excluding hydrogens is 925 g/mol. The SMILES string of the molecule is CC(=O)CS(=O)(=O)N[C@H]1CCc2c(-c3noc(-c4ccc(OC(C)C)c(C#N)c4)n3)cccc21.CCC(=O)CS(=O)(=O)N[C@H]1CCc2c(-c3noc(-c4ccc(OC(C)C)c(C#N)c4)n3)cccc21. The number of ketones is 2. The van der Waals surface area contributed by atoms with Crippen LogP contribution < -0.4 is 18.9 Å². The summed E-state index contributed by atoms with van der Waals surface area (Å²) in [5.41, 5.74) is 6.97. The topological polar surface area (TPSA) is 270 Å². The lowest BCUT2D eigenvalue weighted by Gasteiger charge is -2.14. The molecule has 0 radical (unpaired) electrons. The minimum Gasteiger partial charge on any atom is -0.490 e. The second-order valence-electron chi connectivity index (χ2n) is 17.1. The molecule has 4 aromatic carbocycles. The fraction of sp³-hybridized carbons (Fsp3) is 0.347. The Kier molecular flexibility index (Phi) is 15.2. The Bertz CT molecular complexity index is 3220. The van der Waals surface area contributed by atoms with Crippen molar-refractivity contribution in [3.63, 3.8) is 0 Å². The highest BCUT2D eigenvalue weighted by Gasteiger charge is 2.32. The molecule has 18 nitrogen and oxygen atoms in total. The van der Waals surface area contributed by atoms with Crippen LogP contribution in [0.2, 0.25) is 0 Å². The smallest absolute Gasteiger partial charge is 0.258 e. The fourth-order valence-corrected chi connectivity index (χ4v) is 10.9. The number of carbonyl (C=O) groups excluding carboxylic acids is 2. The van der Waals surface area contributed by atoms with Gasteiger partial charge in [0.2, 0.25) is 31.7 Å². The van der Waals surface area contributed by atoms with Crippen LogP contribution in [0, 0.1) is 22.7 Å². The molecule has 20 heteroatoms. The Morgan fingerprint density at radius 1 is 0.696 bits per heavy atom. The molecule has 2 N–H and O–H groups in total. The average molecular weight is 975 g/mol. The summed E-state index contributed by atoms with van der Waals surface area (Å²) in [6.07, 6.45) is 2.44. The Balaban J connectivity index is 0.000000204. The summed E-state index contributed by atoms with van der Waals surface area (Å²) in [5, 5.41) is 27.2. The molecular formula is C49H50N8O10S2. The number of nitrogens with zero attached hydrogens (tertiary/aromatic N) is 6. The van der Waals surface area contributed by atoms with Gasteiger partial charge in [-0.2, -0.15) is 20.5 Å². The Labute approximate surface area is 400 Å². The van der Waals surface area contributed by atoms with Gasteiger partial charge in [-0.25, -0.2) is 26.3 Å². The molecule has 0 aliphatic heterocycles. The van der Waals surface area contributed by atoms with E-state index in [0.717, 1.165) is 33.4 Å². The average Bonchev–Trinajstić information content (AvgIpc) is 4.14. The van der Waals surface area contributed by atoms with Crippen molar-refractivity contribution in [3.05, 3.63) is 106 Å². The molecule has 0 bridgehead atoms. The number of nitriles is 2. The standard InChI is InChI=1S/C25H26N4O5S.C24H24N4O5S/c1-4-18(30)14-35(31,32)29-22-10-9-19-20(22)6-5-7-21(19)24-27-25(34-28-24)16-8-11-23(33-15(2)3)17(12-16)13-26;1-14(2)32-22-10-7-16(11-17(22)12-25)24-26-23(27-33-24)20-6-4-5-19-18(20)8-9-21(19)28-34(30,31)13-15(3)29/h5-8,11-12,15,22,29H,4,9-10,14H2,1-3H3;4-7,10-11,14,21,28H,8-9,13H2,1-3H3/t22-;21-/m00/s1. The van der Waals surface area contributed by atoms with Gasteiger partial charge in [0.1, 0.15) is 46.7 Å². The second-order valence-corrected chi connectivity index (χ2v) is 20.6. The van der Waals surface area contributed by atoms with E-state index in [1.165, 1.54) is 6.92 Å². The van der Waals surface area contributed by atoms with Crippen molar-refractivity contribution in [2.45, 2.75) is 97.9 Å². The summed E-state index contributed by atoms with van der Waals surface area (Å²) in [4.78, 5) is 32.0. The third kappa shape index (κ3) is 12.0. The third-order valence-electron chi connectivity index (χ3n) is 11.1. The highest BCUT2D eigenvalue weighted by atomic mass is 32.2. The largest absolute Gasteiger partial charge is 0.490 e. The van der Waals surface area contributed by atoms with Crippen LogP contribution >= 0.6 is 0 Å². The minimum atomic E-state index is -3.73. The van der Waals surface area contributed by atoms with E-state index in [-0.39, 0.29) is 36.2 Å². The van der Waals surface area contributed by atoms with E-state index in [9.17, 15) is 36.9 Å². The summed E-state index contributed by atoms with van der Waals surface area (Å²) in [5.74, 6) is 0.446. The van der Waals surface area contributed by atoms with Crippen molar-refractivity contribution in [1.29, 1.82) is 10.5 Å². The summed E-state index contributed by atoms with van der Waals surface area (Å²) in [6, 6.07) is 24.7. The summed E-state index contributed by atoms with van der Waals surface area (Å²) in [7, 11) is -7.45. The molecule has 0 amide bonds. The third-order valence-corrected chi connectivity index (χ3v) is 13.9. The van der Waals surface area contributed by atoms with Crippen LogP contribution in [0.15, 0.2) is 81.8 Å². The van der Waals surface area contributed by atoms with E-state index in [1.54, 1.807) is 43.3 Å². The maximum Gasteiger partial charge on any atom is 0.258 e. The molecule has 0 unspecified atom stereocenters. The molecule has 8 rings (SSSR count). The van der Waals surface area contributed by atoms with Crippen LogP contribution in [0.1, 0.15) is 106 Å². The Hall–Kier alpha value is -7.10. The normalized spacial score (nSPS) is 15.2. The van der Waals surface area contributed by atoms with Crippen molar-refractivity contribution in [3.8, 4) is 69.3 Å². The molecule has 6 aromatic rings. The maximum absolute atomic E-state index is 12.4. The first kappa shape index (κ1) is 49.8. The van der Waals surface area contributed by atoms with Crippen LogP contribution in [-0.4, -0.2) is 72.4 Å². The number of fused-ring (bicyclic) bond motifs is 2. The van der Waals surface area contributed by atoms with Crippen LogP contribution in [-0.2, 0) is 42.5 Å². The maximum atomic E-state index is 12.4. The number of carbonyl (C=O) groups is 2. The number of hydrogen-bond acceptors (Lipinski definition) is 16. The van der Waals surface area contributed by atoms with Crippen molar-refractivity contribution >= 4 is 31.6 Å². The zero-order valence-electron chi connectivity index (χ0n) is 38.8. The number of Topliss-reactive ketones (excluding diaryl/α,β-unsaturated/α-hetero) is 2. The molecule has 2 aromatic heterocycles. The lowest BCUT2D eigenvalue weighted by molar-refractivity contribution is -0.116. The van der Waals surface area contributed by atoms with Crippen LogP contribution in [0.25, 0.3) is 45.7 Å². The fourth-order valence-electron chi connectivity index (χ4n) is 8.19. The van der Waals surface area contributed by atoms with Gasteiger partial charge in [-0.15, -0.1) is 0 Å². The molecule has 0 spiro atoms. The van der Waals surface area contributed by atoms with Gasteiger partial charge in [-0.1, -0.05) is 53.6 Å². The Morgan fingerprint density at radius 3 is 1.52 bits per heavy atom. The molecule has 0 fully saturated rings. The zero-order valence-corrected chi connectivity index (χ0v) is 40.4. The van der Waals surface area contributed by atoms with Gasteiger partial charge in [-0.3, -0.25) is 9.59 Å². The van der Waals surface area contributed by atoms with Gasteiger partial charge in [0.15, 0.2) is 0 Å². The molecule has 0 saturated heterocycles. The summed E-state index contributed by atoms with van der Waals surface area (Å²) >= 11 is 0. The van der Waals surface area contributed by atoms with Gasteiger partial charge in [0.05, 0.1) is 23.3 Å². The molecule has 2 heterocycles. The van der Waals surface area contributed by atoms with Crippen LogP contribution in [0.5, 0.6) is 11.5 Å². The lowest BCUT2D eigenvalue weighted by atomic mass is 10.0. The number of aromatic nitrogens is 4. The first-order chi connectivity index (χ1) is 32.9. The predicted molar refractivity (Wildman–Crippen MR) is 253 cm³/mol. The van der Waals surface area contributed by atoms with Gasteiger partial charge >= 0.3 is 0 Å². The number of nitrogens with one attached hydrogen (secondary N) is 2. The van der Waals surface area contributed by atoms with Gasteiger partial charge < -0.3 is 18.5 Å². The quantitative estimate of drug-likeness (QED) is 0.0895. The minimum absolute atomic E-state index is 0.0658. The van der Waals surface area contributed by atoms with Gasteiger partial charge in [0, 0.05) is 40.8 Å². The van der Waals surface area contributed by atoms with Crippen molar-refractivity contribution < 1.29 is 44.9 Å². The lowest BCUT2D eigenvalue weighted by Crippen LogP contribution is -2.32. The first-order valence-electron chi connectivity index (χ1n) is 22.2. The van der Waals surface area contributed by atoms with E-state index in [0.29, 0.717) is 71.1 Å². The molecule has 69 heavy (non-hydrogen) atoms. The number of hydrogen-bond donors (Lipinski definition) is 2. The van der Waals surface area contributed by atoms with E-state index in [1.807, 2.05) is 64.1 Å². The number of rotatable bonds is 17. The summed E-state index contributed by atoms with van der Waals surface area (Å²) in [6.45, 7) is 10.4. The molecule has 2 aliphatic carbocycles. The molecule has 2 aliphatic rings. The molecule has 358 valence electrons. The molecule has 2 atom stereocenters.